The number of hydrogen-bond acceptors (Lipinski definition) is 2. The lowest BCUT2D eigenvalue weighted by Crippen LogP contribution is -2.24. The highest BCUT2D eigenvalue weighted by Gasteiger charge is 2.23. The monoisotopic (exact) mass is 351 g/mol. The van der Waals surface area contributed by atoms with E-state index >= 15 is 0 Å². The number of carbonyl (C=O) groups excluding carboxylic acids is 1. The van der Waals surface area contributed by atoms with Gasteiger partial charge in [-0.1, -0.05) is 44.2 Å². The van der Waals surface area contributed by atoms with Gasteiger partial charge >= 0.3 is 0 Å². The summed E-state index contributed by atoms with van der Waals surface area (Å²) >= 11 is 0. The van der Waals surface area contributed by atoms with E-state index < -0.39 is 0 Å². The van der Waals surface area contributed by atoms with Gasteiger partial charge in [0, 0.05) is 17.8 Å². The number of amides is 1. The molecule has 4 nitrogen and oxygen atoms in total. The molecule has 2 aromatic carbocycles. The quantitative estimate of drug-likeness (QED) is 0.742. The van der Waals surface area contributed by atoms with Crippen LogP contribution in [0.3, 0.4) is 0 Å². The Kier molecular flexibility index (Phi) is 5.16. The molecule has 1 aromatic heterocycles. The van der Waals surface area contributed by atoms with E-state index in [1.807, 2.05) is 51.1 Å². The summed E-state index contributed by atoms with van der Waals surface area (Å²) in [7, 11) is 0. The number of carbonyl (C=O) groups is 1. The zero-order chi connectivity index (χ0) is 18.7. The van der Waals surface area contributed by atoms with Crippen LogP contribution in [0.2, 0.25) is 0 Å². The maximum Gasteiger partial charge on any atom is 0.272 e. The number of aromatic nitrogens is 2. The number of rotatable bonds is 5. The second-order valence-electron chi connectivity index (χ2n) is 6.56. The zero-order valence-electron chi connectivity index (χ0n) is 15.2. The predicted molar refractivity (Wildman–Crippen MR) is 100.0 cm³/mol. The number of nitrogens with one attached hydrogen (secondary N) is 1. The summed E-state index contributed by atoms with van der Waals surface area (Å²) in [6, 6.07) is 15.8. The van der Waals surface area contributed by atoms with Crippen LogP contribution in [0.25, 0.3) is 5.69 Å². The van der Waals surface area contributed by atoms with Crippen molar-refractivity contribution in [2.75, 3.05) is 0 Å². The first-order valence-electron chi connectivity index (χ1n) is 8.65. The Labute approximate surface area is 152 Å². The van der Waals surface area contributed by atoms with Crippen molar-refractivity contribution < 1.29 is 9.18 Å². The highest BCUT2D eigenvalue weighted by atomic mass is 19.1. The molecule has 0 aliphatic carbocycles. The lowest BCUT2D eigenvalue weighted by atomic mass is 10.0. The molecule has 0 unspecified atom stereocenters. The van der Waals surface area contributed by atoms with Gasteiger partial charge in [-0.25, -0.2) is 9.07 Å². The molecule has 0 radical (unpaired) electrons. The Bertz CT molecular complexity index is 899. The maximum atomic E-state index is 13.2. The molecule has 1 N–H and O–H groups in total. The van der Waals surface area contributed by atoms with Gasteiger partial charge in [0.1, 0.15) is 5.82 Å². The van der Waals surface area contributed by atoms with E-state index in [4.69, 9.17) is 0 Å². The van der Waals surface area contributed by atoms with E-state index in [0.717, 1.165) is 22.5 Å². The van der Waals surface area contributed by atoms with Gasteiger partial charge in [0.2, 0.25) is 0 Å². The molecule has 1 heterocycles. The minimum absolute atomic E-state index is 0.140. The molecule has 3 aromatic rings. The highest BCUT2D eigenvalue weighted by Crippen LogP contribution is 2.25. The zero-order valence-corrected chi connectivity index (χ0v) is 15.2. The smallest absolute Gasteiger partial charge is 0.272 e. The largest absolute Gasteiger partial charge is 0.347 e. The first-order chi connectivity index (χ1) is 12.5. The van der Waals surface area contributed by atoms with Crippen LogP contribution < -0.4 is 5.32 Å². The third kappa shape index (κ3) is 3.67. The van der Waals surface area contributed by atoms with Crippen molar-refractivity contribution >= 4 is 5.91 Å². The van der Waals surface area contributed by atoms with Gasteiger partial charge in [-0.05, 0) is 42.7 Å². The van der Waals surface area contributed by atoms with E-state index in [1.165, 1.54) is 12.1 Å². The van der Waals surface area contributed by atoms with Crippen LogP contribution in [0.4, 0.5) is 4.39 Å². The fraction of sp³-hybridized carbons (Fsp3) is 0.238. The Morgan fingerprint density at radius 1 is 1.12 bits per heavy atom. The van der Waals surface area contributed by atoms with E-state index in [0.29, 0.717) is 12.2 Å². The van der Waals surface area contributed by atoms with Gasteiger partial charge in [0.05, 0.1) is 5.69 Å². The van der Waals surface area contributed by atoms with Crippen LogP contribution in [-0.4, -0.2) is 15.7 Å². The van der Waals surface area contributed by atoms with Gasteiger partial charge in [-0.3, -0.25) is 4.79 Å². The maximum absolute atomic E-state index is 13.2. The van der Waals surface area contributed by atoms with Crippen molar-refractivity contribution in [2.45, 2.75) is 33.2 Å². The van der Waals surface area contributed by atoms with Crippen LogP contribution in [0.1, 0.15) is 47.1 Å². The molecule has 134 valence electrons. The molecule has 0 fully saturated rings. The third-order valence-electron chi connectivity index (χ3n) is 4.32. The molecular weight excluding hydrogens is 329 g/mol. The highest BCUT2D eigenvalue weighted by molar-refractivity contribution is 5.94. The van der Waals surface area contributed by atoms with Crippen molar-refractivity contribution in [1.82, 2.24) is 15.1 Å². The van der Waals surface area contributed by atoms with Gasteiger partial charge in [-0.15, -0.1) is 0 Å². The summed E-state index contributed by atoms with van der Waals surface area (Å²) < 4.78 is 14.9. The predicted octanol–water partition coefficient (Wildman–Crippen LogP) is 4.37. The average Bonchev–Trinajstić information content (AvgIpc) is 2.99. The van der Waals surface area contributed by atoms with Gasteiger partial charge < -0.3 is 5.32 Å². The number of nitrogens with zero attached hydrogens (tertiary/aromatic N) is 2. The van der Waals surface area contributed by atoms with E-state index in [9.17, 15) is 9.18 Å². The minimum Gasteiger partial charge on any atom is -0.347 e. The van der Waals surface area contributed by atoms with Crippen LogP contribution in [-0.2, 0) is 6.54 Å². The average molecular weight is 351 g/mol. The van der Waals surface area contributed by atoms with Crippen molar-refractivity contribution in [3.8, 4) is 5.69 Å². The lowest BCUT2D eigenvalue weighted by Gasteiger charge is -2.09. The third-order valence-corrected chi connectivity index (χ3v) is 4.32. The van der Waals surface area contributed by atoms with Crippen molar-refractivity contribution in [3.05, 3.63) is 82.9 Å². The second-order valence-corrected chi connectivity index (χ2v) is 6.56. The number of benzene rings is 2. The number of halogens is 1. The summed E-state index contributed by atoms with van der Waals surface area (Å²) in [4.78, 5) is 12.7. The number of hydrogen-bond donors (Lipinski definition) is 1. The first-order valence-corrected chi connectivity index (χ1v) is 8.65. The molecule has 0 aliphatic rings. The second kappa shape index (κ2) is 7.52. The molecule has 0 saturated heterocycles. The van der Waals surface area contributed by atoms with Crippen LogP contribution >= 0.6 is 0 Å². The first kappa shape index (κ1) is 17.9. The Balaban J connectivity index is 1.91. The lowest BCUT2D eigenvalue weighted by molar-refractivity contribution is 0.0944. The van der Waals surface area contributed by atoms with Crippen LogP contribution in [0, 0.1) is 12.7 Å². The van der Waals surface area contributed by atoms with E-state index in [1.54, 1.807) is 16.8 Å². The molecule has 26 heavy (non-hydrogen) atoms. The fourth-order valence-electron chi connectivity index (χ4n) is 3.07. The minimum atomic E-state index is -0.302. The molecule has 0 aliphatic heterocycles. The standard InChI is InChI=1S/C21H22FN3O/c1-14(2)19-15(3)25(18-11-9-17(22)10-12-18)24-20(19)21(26)23-13-16-7-5-4-6-8-16/h4-12,14H,13H2,1-3H3,(H,23,26). The summed E-state index contributed by atoms with van der Waals surface area (Å²) in [6.45, 7) is 6.44. The Hall–Kier alpha value is -2.95. The van der Waals surface area contributed by atoms with E-state index in [2.05, 4.69) is 10.4 Å². The molecular formula is C21H22FN3O. The van der Waals surface area contributed by atoms with Gasteiger partial charge in [-0.2, -0.15) is 5.10 Å². The molecule has 0 spiro atoms. The van der Waals surface area contributed by atoms with Gasteiger partial charge in [0.25, 0.3) is 5.91 Å². The molecule has 0 atom stereocenters. The topological polar surface area (TPSA) is 46.9 Å². The summed E-state index contributed by atoms with van der Waals surface area (Å²) in [5.74, 6) is -0.369. The summed E-state index contributed by atoms with van der Waals surface area (Å²) in [5.41, 5.74) is 3.96. The normalized spacial score (nSPS) is 11.0. The van der Waals surface area contributed by atoms with Crippen LogP contribution in [0.5, 0.6) is 0 Å². The van der Waals surface area contributed by atoms with Crippen molar-refractivity contribution in [1.29, 1.82) is 0 Å². The Morgan fingerprint density at radius 3 is 2.38 bits per heavy atom. The van der Waals surface area contributed by atoms with E-state index in [-0.39, 0.29) is 17.6 Å². The summed E-state index contributed by atoms with van der Waals surface area (Å²) in [5, 5.41) is 7.46. The fourth-order valence-corrected chi connectivity index (χ4v) is 3.07. The van der Waals surface area contributed by atoms with Gasteiger partial charge in [0.15, 0.2) is 5.69 Å². The Morgan fingerprint density at radius 2 is 1.77 bits per heavy atom. The summed E-state index contributed by atoms with van der Waals surface area (Å²) in [6.07, 6.45) is 0. The van der Waals surface area contributed by atoms with Crippen molar-refractivity contribution in [3.63, 3.8) is 0 Å². The molecule has 5 heteroatoms. The molecule has 0 saturated carbocycles. The molecule has 3 rings (SSSR count). The molecule has 0 bridgehead atoms. The SMILES string of the molecule is Cc1c(C(C)C)c(C(=O)NCc2ccccc2)nn1-c1ccc(F)cc1. The molecule has 1 amide bonds. The van der Waals surface area contributed by atoms with Crippen molar-refractivity contribution in [2.24, 2.45) is 0 Å². The van der Waals surface area contributed by atoms with Crippen LogP contribution in [0.15, 0.2) is 54.6 Å².